The van der Waals surface area contributed by atoms with Crippen molar-refractivity contribution in [3.05, 3.63) is 17.5 Å². The van der Waals surface area contributed by atoms with Crippen LogP contribution in [0, 0.1) is 0 Å². The van der Waals surface area contributed by atoms with Crippen molar-refractivity contribution in [1.29, 1.82) is 0 Å². The molecule has 6 heteroatoms. The molecule has 0 saturated carbocycles. The normalized spacial score (nSPS) is 19.4. The van der Waals surface area contributed by atoms with Gasteiger partial charge in [0.15, 0.2) is 0 Å². The van der Waals surface area contributed by atoms with Gasteiger partial charge in [0.25, 0.3) is 0 Å². The summed E-state index contributed by atoms with van der Waals surface area (Å²) < 4.78 is 7.12. The summed E-state index contributed by atoms with van der Waals surface area (Å²) in [4.78, 5) is 11.9. The Balaban J connectivity index is 1.79. The van der Waals surface area contributed by atoms with Gasteiger partial charge in [-0.05, 0) is 6.42 Å². The minimum atomic E-state index is 0.0499. The van der Waals surface area contributed by atoms with E-state index >= 15 is 0 Å². The fourth-order valence-electron chi connectivity index (χ4n) is 2.27. The highest BCUT2D eigenvalue weighted by Crippen LogP contribution is 2.07. The molecule has 1 fully saturated rings. The van der Waals surface area contributed by atoms with E-state index in [9.17, 15) is 4.79 Å². The molecule has 1 aromatic rings. The van der Waals surface area contributed by atoms with Crippen LogP contribution in [0.4, 0.5) is 0 Å². The van der Waals surface area contributed by atoms with Crippen molar-refractivity contribution in [2.24, 2.45) is 7.05 Å². The number of hydrogen-bond donors (Lipinski definition) is 2. The second kappa shape index (κ2) is 6.68. The molecule has 2 N–H and O–H groups in total. The summed E-state index contributed by atoms with van der Waals surface area (Å²) in [5.41, 5.74) is 2.13. The van der Waals surface area contributed by atoms with E-state index < -0.39 is 0 Å². The maximum Gasteiger partial charge on any atom is 0.221 e. The van der Waals surface area contributed by atoms with Gasteiger partial charge in [0.05, 0.1) is 18.9 Å². The Morgan fingerprint density at radius 1 is 1.68 bits per heavy atom. The molecule has 2 rings (SSSR count). The molecule has 1 aliphatic rings. The molecule has 0 aromatic carbocycles. The van der Waals surface area contributed by atoms with Gasteiger partial charge in [0.2, 0.25) is 5.91 Å². The molecule has 1 saturated heterocycles. The molecule has 6 nitrogen and oxygen atoms in total. The third-order valence-corrected chi connectivity index (χ3v) is 3.23. The van der Waals surface area contributed by atoms with E-state index in [-0.39, 0.29) is 11.9 Å². The Hall–Kier alpha value is -1.40. The number of nitrogens with zero attached hydrogens (tertiary/aromatic N) is 2. The molecule has 106 valence electrons. The molecule has 19 heavy (non-hydrogen) atoms. The number of carbonyl (C=O) groups excluding carboxylic acids is 1. The average molecular weight is 266 g/mol. The first-order chi connectivity index (χ1) is 9.19. The topological polar surface area (TPSA) is 68.2 Å². The third kappa shape index (κ3) is 4.04. The van der Waals surface area contributed by atoms with Crippen LogP contribution in [0.5, 0.6) is 0 Å². The smallest absolute Gasteiger partial charge is 0.221 e. The van der Waals surface area contributed by atoms with Crippen molar-refractivity contribution < 1.29 is 9.53 Å². The summed E-state index contributed by atoms with van der Waals surface area (Å²) in [5, 5.41) is 10.6. The Kier molecular flexibility index (Phi) is 4.93. The van der Waals surface area contributed by atoms with Crippen LogP contribution in [-0.2, 0) is 29.5 Å². The molecule has 1 amide bonds. The first kappa shape index (κ1) is 14.0. The quantitative estimate of drug-likeness (QED) is 0.786. The molecule has 0 radical (unpaired) electrons. The van der Waals surface area contributed by atoms with Crippen LogP contribution in [0.15, 0.2) is 6.20 Å². The lowest BCUT2D eigenvalue weighted by atomic mass is 10.1. The summed E-state index contributed by atoms with van der Waals surface area (Å²) in [5.74, 6) is 0.0499. The van der Waals surface area contributed by atoms with Crippen LogP contribution in [0.2, 0.25) is 0 Å². The van der Waals surface area contributed by atoms with Crippen LogP contribution < -0.4 is 10.6 Å². The first-order valence-corrected chi connectivity index (χ1v) is 6.78. The van der Waals surface area contributed by atoms with Crippen molar-refractivity contribution in [2.45, 2.75) is 32.4 Å². The molecule has 1 aliphatic heterocycles. The van der Waals surface area contributed by atoms with E-state index in [2.05, 4.69) is 22.7 Å². The SMILES string of the molecule is CCc1nn(C)cc1CNC(=O)CC1COCCN1. The van der Waals surface area contributed by atoms with Gasteiger partial charge in [0, 0.05) is 44.4 Å². The fraction of sp³-hybridized carbons (Fsp3) is 0.692. The number of amides is 1. The van der Waals surface area contributed by atoms with Crippen LogP contribution >= 0.6 is 0 Å². The van der Waals surface area contributed by atoms with Crippen LogP contribution in [-0.4, -0.2) is 41.5 Å². The predicted molar refractivity (Wildman–Crippen MR) is 71.7 cm³/mol. The molecular weight excluding hydrogens is 244 g/mol. The molecule has 1 unspecified atom stereocenters. The molecule has 0 spiro atoms. The summed E-state index contributed by atoms with van der Waals surface area (Å²) in [6.07, 6.45) is 3.30. The summed E-state index contributed by atoms with van der Waals surface area (Å²) >= 11 is 0. The first-order valence-electron chi connectivity index (χ1n) is 6.78. The lowest BCUT2D eigenvalue weighted by Gasteiger charge is -2.23. The van der Waals surface area contributed by atoms with E-state index in [1.165, 1.54) is 0 Å². The van der Waals surface area contributed by atoms with Crippen molar-refractivity contribution in [3.63, 3.8) is 0 Å². The zero-order valence-electron chi connectivity index (χ0n) is 11.6. The van der Waals surface area contributed by atoms with Crippen molar-refractivity contribution in [2.75, 3.05) is 19.8 Å². The highest BCUT2D eigenvalue weighted by molar-refractivity contribution is 5.76. The number of carbonyl (C=O) groups is 1. The van der Waals surface area contributed by atoms with Gasteiger partial charge in [-0.25, -0.2) is 0 Å². The maximum absolute atomic E-state index is 11.9. The Bertz CT molecular complexity index is 424. The standard InChI is InChI=1S/C13H22N4O2/c1-3-12-10(8-17(2)16-12)7-15-13(18)6-11-9-19-5-4-14-11/h8,11,14H,3-7,9H2,1-2H3,(H,15,18). The second-order valence-corrected chi connectivity index (χ2v) is 4.84. The van der Waals surface area contributed by atoms with E-state index in [0.29, 0.717) is 19.6 Å². The highest BCUT2D eigenvalue weighted by Gasteiger charge is 2.17. The number of aromatic nitrogens is 2. The van der Waals surface area contributed by atoms with Crippen LogP contribution in [0.25, 0.3) is 0 Å². The van der Waals surface area contributed by atoms with Gasteiger partial charge in [-0.1, -0.05) is 6.92 Å². The molecule has 1 atom stereocenters. The van der Waals surface area contributed by atoms with Crippen molar-refractivity contribution in [3.8, 4) is 0 Å². The third-order valence-electron chi connectivity index (χ3n) is 3.23. The molecule has 0 bridgehead atoms. The average Bonchev–Trinajstić information content (AvgIpc) is 2.78. The Labute approximate surface area is 113 Å². The van der Waals surface area contributed by atoms with E-state index in [4.69, 9.17) is 4.74 Å². The summed E-state index contributed by atoms with van der Waals surface area (Å²) in [6, 6.07) is 0.133. The number of rotatable bonds is 5. The number of nitrogens with one attached hydrogen (secondary N) is 2. The minimum absolute atomic E-state index is 0.0499. The summed E-state index contributed by atoms with van der Waals surface area (Å²) in [6.45, 7) is 4.77. The Morgan fingerprint density at radius 3 is 3.21 bits per heavy atom. The van der Waals surface area contributed by atoms with Gasteiger partial charge >= 0.3 is 0 Å². The van der Waals surface area contributed by atoms with Gasteiger partial charge in [-0.2, -0.15) is 5.10 Å². The van der Waals surface area contributed by atoms with Gasteiger partial charge < -0.3 is 15.4 Å². The van der Waals surface area contributed by atoms with Crippen molar-refractivity contribution >= 4 is 5.91 Å². The molecule has 1 aromatic heterocycles. The largest absolute Gasteiger partial charge is 0.378 e. The summed E-state index contributed by atoms with van der Waals surface area (Å²) in [7, 11) is 1.90. The van der Waals surface area contributed by atoms with Gasteiger partial charge in [-0.3, -0.25) is 9.48 Å². The lowest BCUT2D eigenvalue weighted by Crippen LogP contribution is -2.44. The number of morpholine rings is 1. The van der Waals surface area contributed by atoms with E-state index in [0.717, 1.165) is 30.8 Å². The van der Waals surface area contributed by atoms with Crippen LogP contribution in [0.1, 0.15) is 24.6 Å². The highest BCUT2D eigenvalue weighted by atomic mass is 16.5. The Morgan fingerprint density at radius 2 is 2.53 bits per heavy atom. The monoisotopic (exact) mass is 266 g/mol. The van der Waals surface area contributed by atoms with Crippen LogP contribution in [0.3, 0.4) is 0 Å². The fourth-order valence-corrected chi connectivity index (χ4v) is 2.27. The molecular formula is C13H22N4O2. The van der Waals surface area contributed by atoms with Gasteiger partial charge in [-0.15, -0.1) is 0 Å². The predicted octanol–water partition coefficient (Wildman–Crippen LogP) is -0.0228. The van der Waals surface area contributed by atoms with E-state index in [1.54, 1.807) is 4.68 Å². The van der Waals surface area contributed by atoms with Gasteiger partial charge in [0.1, 0.15) is 0 Å². The lowest BCUT2D eigenvalue weighted by molar-refractivity contribution is -0.122. The minimum Gasteiger partial charge on any atom is -0.378 e. The zero-order chi connectivity index (χ0) is 13.7. The molecule has 0 aliphatic carbocycles. The number of aryl methyl sites for hydroxylation is 2. The number of hydrogen-bond acceptors (Lipinski definition) is 4. The number of ether oxygens (including phenoxy) is 1. The van der Waals surface area contributed by atoms with Crippen molar-refractivity contribution in [1.82, 2.24) is 20.4 Å². The van der Waals surface area contributed by atoms with E-state index in [1.807, 2.05) is 13.2 Å². The maximum atomic E-state index is 11.9. The zero-order valence-corrected chi connectivity index (χ0v) is 11.6. The second-order valence-electron chi connectivity index (χ2n) is 4.84. The molecule has 2 heterocycles.